The zero-order chi connectivity index (χ0) is 17.4. The number of rotatable bonds is 2. The average molecular weight is 345 g/mol. The van der Waals surface area contributed by atoms with E-state index < -0.39 is 0 Å². The van der Waals surface area contributed by atoms with E-state index in [0.717, 1.165) is 24.6 Å². The number of β-amino-alcohol motifs (C(OH)–C–C–N with tert-alkyl or cyclic N) is 1. The molecule has 0 aromatic carbocycles. The summed E-state index contributed by atoms with van der Waals surface area (Å²) in [6.45, 7) is 8.93. The highest BCUT2D eigenvalue weighted by Gasteiger charge is 2.70. The molecule has 0 radical (unpaired) electrons. The summed E-state index contributed by atoms with van der Waals surface area (Å²) < 4.78 is 2.44. The summed E-state index contributed by atoms with van der Waals surface area (Å²) in [4.78, 5) is 0. The summed E-state index contributed by atoms with van der Waals surface area (Å²) in [5, 5.41) is 20.8. The summed E-state index contributed by atoms with van der Waals surface area (Å²) in [5.74, 6) is 1.91. The zero-order valence-corrected chi connectivity index (χ0v) is 15.7. The van der Waals surface area contributed by atoms with Gasteiger partial charge in [-0.2, -0.15) is 0 Å². The quantitative estimate of drug-likeness (QED) is 0.597. The third kappa shape index (κ3) is 1.92. The molecule has 6 aliphatic rings. The Hall–Kier alpha value is -0.670. The van der Waals surface area contributed by atoms with Crippen LogP contribution >= 0.6 is 0 Å². The fraction of sp³-hybridized carbons (Fsp3) is 0.864. The molecule has 1 heterocycles. The first-order valence-corrected chi connectivity index (χ1v) is 10.5. The molecule has 0 amide bonds. The number of fused-ring (bicyclic) bond motifs is 2. The Bertz CT molecular complexity index is 642. The molecule has 6 rings (SSSR count). The predicted octanol–water partition coefficient (Wildman–Crippen LogP) is 3.00. The predicted molar refractivity (Wildman–Crippen MR) is 98.7 cm³/mol. The molecular formula is C22H34NO2+. The lowest BCUT2D eigenvalue weighted by molar-refractivity contribution is -0.560. The van der Waals surface area contributed by atoms with Crippen molar-refractivity contribution >= 4 is 6.21 Å². The van der Waals surface area contributed by atoms with E-state index in [9.17, 15) is 10.2 Å². The summed E-state index contributed by atoms with van der Waals surface area (Å²) in [6.07, 6.45) is 12.4. The van der Waals surface area contributed by atoms with Gasteiger partial charge in [-0.1, -0.05) is 19.9 Å². The molecule has 1 aliphatic heterocycles. The largest absolute Gasteiger partial charge is 0.390 e. The highest BCUT2D eigenvalue weighted by Crippen LogP contribution is 2.72. The zero-order valence-electron chi connectivity index (χ0n) is 15.7. The lowest BCUT2D eigenvalue weighted by Crippen LogP contribution is -2.68. The van der Waals surface area contributed by atoms with E-state index in [-0.39, 0.29) is 23.5 Å². The van der Waals surface area contributed by atoms with Crippen LogP contribution in [0.3, 0.4) is 0 Å². The normalized spacial score (nSPS) is 53.9. The average Bonchev–Trinajstić information content (AvgIpc) is 2.58. The molecule has 7 unspecified atom stereocenters. The van der Waals surface area contributed by atoms with Crippen molar-refractivity contribution in [3.05, 3.63) is 12.2 Å². The van der Waals surface area contributed by atoms with E-state index in [4.69, 9.17) is 0 Å². The maximum Gasteiger partial charge on any atom is 0.165 e. The molecule has 2 N–H and O–H groups in total. The summed E-state index contributed by atoms with van der Waals surface area (Å²) in [6, 6.07) is 0. The van der Waals surface area contributed by atoms with Gasteiger partial charge in [0.1, 0.15) is 19.4 Å². The van der Waals surface area contributed by atoms with Crippen molar-refractivity contribution in [2.75, 3.05) is 19.7 Å². The van der Waals surface area contributed by atoms with Crippen molar-refractivity contribution < 1.29 is 14.8 Å². The Labute approximate surface area is 151 Å². The van der Waals surface area contributed by atoms with Crippen molar-refractivity contribution in [3.8, 4) is 0 Å². The van der Waals surface area contributed by atoms with Gasteiger partial charge >= 0.3 is 0 Å². The van der Waals surface area contributed by atoms with Crippen LogP contribution < -0.4 is 0 Å². The van der Waals surface area contributed by atoms with Gasteiger partial charge in [0.05, 0.1) is 11.5 Å². The standard InChI is InChI=1S/C22H34NO2/c1-15-16-4-8-21(19(15)25)9-5-17-20(2)6-3-7-22(17,18(21)12-16)14-23(13-20)10-11-24/h14,16-19,24-25H,1,3-13H2,2H3/q+1. The number of aliphatic hydroxyl groups is 2. The summed E-state index contributed by atoms with van der Waals surface area (Å²) >= 11 is 0. The van der Waals surface area contributed by atoms with Crippen LogP contribution in [0.15, 0.2) is 12.2 Å². The van der Waals surface area contributed by atoms with Gasteiger partial charge in [-0.05, 0) is 68.3 Å². The molecule has 5 aliphatic carbocycles. The molecule has 25 heavy (non-hydrogen) atoms. The van der Waals surface area contributed by atoms with E-state index in [1.54, 1.807) is 0 Å². The molecule has 4 bridgehead atoms. The van der Waals surface area contributed by atoms with Gasteiger partial charge in [0.2, 0.25) is 0 Å². The van der Waals surface area contributed by atoms with Crippen LogP contribution in [0.2, 0.25) is 0 Å². The van der Waals surface area contributed by atoms with E-state index in [2.05, 4.69) is 24.3 Å². The van der Waals surface area contributed by atoms with E-state index >= 15 is 0 Å². The minimum absolute atomic E-state index is 0.0826. The molecule has 138 valence electrons. The molecule has 3 heteroatoms. The third-order valence-electron chi connectivity index (χ3n) is 9.36. The Morgan fingerprint density at radius 1 is 1.20 bits per heavy atom. The van der Waals surface area contributed by atoms with Gasteiger partial charge in [0.25, 0.3) is 0 Å². The van der Waals surface area contributed by atoms with Crippen molar-refractivity contribution in [1.82, 2.24) is 0 Å². The molecule has 0 aromatic rings. The topological polar surface area (TPSA) is 43.5 Å². The van der Waals surface area contributed by atoms with E-state index in [1.807, 2.05) is 0 Å². The Balaban J connectivity index is 1.65. The molecular weight excluding hydrogens is 310 g/mol. The first kappa shape index (κ1) is 16.5. The van der Waals surface area contributed by atoms with Gasteiger partial charge in [0.15, 0.2) is 6.54 Å². The second-order valence-corrected chi connectivity index (χ2v) is 10.3. The van der Waals surface area contributed by atoms with E-state index in [0.29, 0.717) is 17.3 Å². The van der Waals surface area contributed by atoms with Crippen LogP contribution in [0.1, 0.15) is 58.3 Å². The van der Waals surface area contributed by atoms with Gasteiger partial charge in [-0.15, -0.1) is 0 Å². The Kier molecular flexibility index (Phi) is 3.43. The molecule has 3 nitrogen and oxygen atoms in total. The first-order chi connectivity index (χ1) is 12.0. The van der Waals surface area contributed by atoms with Crippen LogP contribution in [0.25, 0.3) is 0 Å². The SMILES string of the molecule is C=C1C2CCC3(CCC4C5(C)CCCC4(C=[N+](CCO)C5)C3C2)C1O. The smallest absolute Gasteiger partial charge is 0.165 e. The van der Waals surface area contributed by atoms with Gasteiger partial charge in [0, 0.05) is 10.8 Å². The second-order valence-electron chi connectivity index (χ2n) is 10.3. The first-order valence-electron chi connectivity index (χ1n) is 10.5. The minimum Gasteiger partial charge on any atom is -0.390 e. The van der Waals surface area contributed by atoms with Crippen LogP contribution in [0.4, 0.5) is 0 Å². The Morgan fingerprint density at radius 2 is 2.00 bits per heavy atom. The van der Waals surface area contributed by atoms with Crippen LogP contribution in [-0.4, -0.2) is 46.8 Å². The molecule has 7 atom stereocenters. The van der Waals surface area contributed by atoms with Gasteiger partial charge in [-0.25, -0.2) is 4.58 Å². The maximum absolute atomic E-state index is 11.2. The van der Waals surface area contributed by atoms with Crippen molar-refractivity contribution in [2.45, 2.75) is 64.4 Å². The summed E-state index contributed by atoms with van der Waals surface area (Å²) in [5.41, 5.74) is 1.85. The minimum atomic E-state index is -0.282. The number of hydrogen-bond acceptors (Lipinski definition) is 2. The van der Waals surface area contributed by atoms with Crippen LogP contribution in [0, 0.1) is 34.0 Å². The van der Waals surface area contributed by atoms with Crippen molar-refractivity contribution in [2.24, 2.45) is 34.0 Å². The number of nitrogens with zero attached hydrogens (tertiary/aromatic N) is 1. The monoisotopic (exact) mass is 344 g/mol. The second kappa shape index (κ2) is 5.19. The highest BCUT2D eigenvalue weighted by molar-refractivity contribution is 5.65. The summed E-state index contributed by atoms with van der Waals surface area (Å²) in [7, 11) is 0. The molecule has 5 saturated carbocycles. The molecule has 5 fully saturated rings. The van der Waals surface area contributed by atoms with Crippen LogP contribution in [0.5, 0.6) is 0 Å². The lowest BCUT2D eigenvalue weighted by Gasteiger charge is -2.68. The fourth-order valence-electron chi connectivity index (χ4n) is 8.50. The number of hydrogen-bond donors (Lipinski definition) is 2. The van der Waals surface area contributed by atoms with Crippen molar-refractivity contribution in [1.29, 1.82) is 0 Å². The van der Waals surface area contributed by atoms with Gasteiger partial charge in [-0.3, -0.25) is 0 Å². The van der Waals surface area contributed by atoms with Crippen molar-refractivity contribution in [3.63, 3.8) is 0 Å². The van der Waals surface area contributed by atoms with E-state index in [1.165, 1.54) is 51.4 Å². The molecule has 0 aromatic heterocycles. The highest BCUT2D eigenvalue weighted by atomic mass is 16.3. The van der Waals surface area contributed by atoms with Crippen LogP contribution in [-0.2, 0) is 0 Å². The van der Waals surface area contributed by atoms with Gasteiger partial charge < -0.3 is 10.2 Å². The molecule has 0 saturated heterocycles. The Morgan fingerprint density at radius 3 is 2.80 bits per heavy atom. The lowest BCUT2D eigenvalue weighted by atomic mass is 9.35. The number of aliphatic hydroxyl groups excluding tert-OH is 2. The molecule has 1 spiro atoms. The maximum atomic E-state index is 11.2. The fourth-order valence-corrected chi connectivity index (χ4v) is 8.50. The third-order valence-corrected chi connectivity index (χ3v) is 9.36.